The number of thiazole rings is 1. The minimum Gasteiger partial charge on any atom is -0.383 e. The first-order chi connectivity index (χ1) is 9.72. The summed E-state index contributed by atoms with van der Waals surface area (Å²) in [6.45, 7) is 4.54. The Hall–Kier alpha value is -1.43. The molecule has 1 heterocycles. The summed E-state index contributed by atoms with van der Waals surface area (Å²) in [4.78, 5) is 7.88. The molecule has 0 saturated carbocycles. The fourth-order valence-electron chi connectivity index (χ4n) is 1.96. The van der Waals surface area contributed by atoms with Crippen molar-refractivity contribution in [3.8, 4) is 0 Å². The van der Waals surface area contributed by atoms with Crippen molar-refractivity contribution < 1.29 is 4.74 Å². The van der Waals surface area contributed by atoms with E-state index in [2.05, 4.69) is 53.4 Å². The zero-order valence-electron chi connectivity index (χ0n) is 12.2. The second-order valence-corrected chi connectivity index (χ2v) is 5.72. The maximum absolute atomic E-state index is 5.01. The number of para-hydroxylation sites is 1. The summed E-state index contributed by atoms with van der Waals surface area (Å²) in [6, 6.07) is 8.35. The van der Waals surface area contributed by atoms with Gasteiger partial charge in [-0.3, -0.25) is 0 Å². The van der Waals surface area contributed by atoms with Gasteiger partial charge in [-0.2, -0.15) is 0 Å². The van der Waals surface area contributed by atoms with Gasteiger partial charge in [-0.1, -0.05) is 18.2 Å². The summed E-state index contributed by atoms with van der Waals surface area (Å²) in [5.74, 6) is 0. The molecule has 0 aliphatic heterocycles. The molecular formula is C15H21N3OS. The molecule has 4 nitrogen and oxygen atoms in total. The average Bonchev–Trinajstić information content (AvgIpc) is 2.92. The van der Waals surface area contributed by atoms with Crippen LogP contribution in [0.15, 0.2) is 30.5 Å². The summed E-state index contributed by atoms with van der Waals surface area (Å²) < 4.78 is 5.01. The molecule has 2 aromatic rings. The van der Waals surface area contributed by atoms with Gasteiger partial charge >= 0.3 is 0 Å². The Kier molecular flexibility index (Phi) is 5.52. The highest BCUT2D eigenvalue weighted by molar-refractivity contribution is 7.15. The first-order valence-electron chi connectivity index (χ1n) is 6.66. The smallest absolute Gasteiger partial charge is 0.189 e. The first-order valence-corrected chi connectivity index (χ1v) is 7.47. The van der Waals surface area contributed by atoms with Crippen LogP contribution < -0.4 is 10.2 Å². The summed E-state index contributed by atoms with van der Waals surface area (Å²) in [7, 11) is 3.77. The third-order valence-corrected chi connectivity index (χ3v) is 4.16. The van der Waals surface area contributed by atoms with E-state index in [1.165, 1.54) is 16.1 Å². The van der Waals surface area contributed by atoms with E-state index in [9.17, 15) is 0 Å². The number of hydrogen-bond acceptors (Lipinski definition) is 5. The van der Waals surface area contributed by atoms with E-state index in [4.69, 9.17) is 4.74 Å². The molecule has 5 heteroatoms. The Labute approximate surface area is 124 Å². The van der Waals surface area contributed by atoms with E-state index >= 15 is 0 Å². The molecule has 0 fully saturated rings. The number of nitrogens with one attached hydrogen (secondary N) is 1. The van der Waals surface area contributed by atoms with Gasteiger partial charge in [0, 0.05) is 44.0 Å². The van der Waals surface area contributed by atoms with Crippen molar-refractivity contribution in [3.05, 3.63) is 40.9 Å². The van der Waals surface area contributed by atoms with Gasteiger partial charge in [-0.05, 0) is 18.6 Å². The van der Waals surface area contributed by atoms with Crippen LogP contribution in [0.2, 0.25) is 0 Å². The van der Waals surface area contributed by atoms with E-state index in [0.717, 1.165) is 24.8 Å². The standard InChI is InChI=1S/C15H21N3OS/c1-12-6-4-5-7-14(12)18(2)15-17-11-13(20-15)10-16-8-9-19-3/h4-7,11,16H,8-10H2,1-3H3. The number of methoxy groups -OCH3 is 1. The highest BCUT2D eigenvalue weighted by Gasteiger charge is 2.10. The van der Waals surface area contributed by atoms with E-state index in [0.29, 0.717) is 0 Å². The van der Waals surface area contributed by atoms with Gasteiger partial charge in [-0.25, -0.2) is 4.98 Å². The molecule has 0 amide bonds. The van der Waals surface area contributed by atoms with Crippen LogP contribution in [0, 0.1) is 6.92 Å². The normalized spacial score (nSPS) is 10.8. The largest absolute Gasteiger partial charge is 0.383 e. The Morgan fingerprint density at radius 1 is 1.35 bits per heavy atom. The lowest BCUT2D eigenvalue weighted by Gasteiger charge is -2.18. The lowest BCUT2D eigenvalue weighted by molar-refractivity contribution is 0.199. The molecule has 2 rings (SSSR count). The van der Waals surface area contributed by atoms with Gasteiger partial charge in [0.05, 0.1) is 6.61 Å². The molecule has 0 aliphatic carbocycles. The number of anilines is 2. The van der Waals surface area contributed by atoms with Crippen molar-refractivity contribution >= 4 is 22.2 Å². The molecule has 0 bridgehead atoms. The Morgan fingerprint density at radius 3 is 2.90 bits per heavy atom. The van der Waals surface area contributed by atoms with Gasteiger partial charge < -0.3 is 15.0 Å². The second-order valence-electron chi connectivity index (χ2n) is 4.62. The predicted molar refractivity (Wildman–Crippen MR) is 84.9 cm³/mol. The fraction of sp³-hybridized carbons (Fsp3) is 0.400. The maximum Gasteiger partial charge on any atom is 0.189 e. The quantitative estimate of drug-likeness (QED) is 0.796. The maximum atomic E-state index is 5.01. The van der Waals surface area contributed by atoms with E-state index in [-0.39, 0.29) is 0 Å². The Morgan fingerprint density at radius 2 is 2.15 bits per heavy atom. The molecule has 108 valence electrons. The number of aromatic nitrogens is 1. The molecule has 20 heavy (non-hydrogen) atoms. The van der Waals surface area contributed by atoms with Crippen molar-refractivity contribution in [1.82, 2.24) is 10.3 Å². The van der Waals surface area contributed by atoms with Gasteiger partial charge in [-0.15, -0.1) is 11.3 Å². The van der Waals surface area contributed by atoms with Gasteiger partial charge in [0.25, 0.3) is 0 Å². The molecule has 0 atom stereocenters. The van der Waals surface area contributed by atoms with Gasteiger partial charge in [0.1, 0.15) is 0 Å². The predicted octanol–water partition coefficient (Wildman–Crippen LogP) is 2.96. The number of nitrogens with zero attached hydrogens (tertiary/aromatic N) is 2. The molecular weight excluding hydrogens is 270 g/mol. The van der Waals surface area contributed by atoms with Crippen LogP contribution in [0.25, 0.3) is 0 Å². The zero-order valence-corrected chi connectivity index (χ0v) is 13.0. The van der Waals surface area contributed by atoms with Gasteiger partial charge in [0.15, 0.2) is 5.13 Å². The van der Waals surface area contributed by atoms with Crippen molar-refractivity contribution in [2.24, 2.45) is 0 Å². The van der Waals surface area contributed by atoms with E-state index in [1.54, 1.807) is 18.4 Å². The number of rotatable bonds is 7. The highest BCUT2D eigenvalue weighted by atomic mass is 32.1. The lowest BCUT2D eigenvalue weighted by atomic mass is 10.2. The van der Waals surface area contributed by atoms with Crippen LogP contribution in [0.1, 0.15) is 10.4 Å². The summed E-state index contributed by atoms with van der Waals surface area (Å²) in [5.41, 5.74) is 2.45. The van der Waals surface area contributed by atoms with Crippen molar-refractivity contribution in [2.75, 3.05) is 32.2 Å². The fourth-order valence-corrected chi connectivity index (χ4v) is 2.82. The number of aryl methyl sites for hydroxylation is 1. The topological polar surface area (TPSA) is 37.4 Å². The van der Waals surface area contributed by atoms with Crippen LogP contribution in [0.5, 0.6) is 0 Å². The SMILES string of the molecule is COCCNCc1cnc(N(C)c2ccccc2C)s1. The zero-order chi connectivity index (χ0) is 14.4. The van der Waals surface area contributed by atoms with Crippen LogP contribution in [0.4, 0.5) is 10.8 Å². The lowest BCUT2D eigenvalue weighted by Crippen LogP contribution is -2.17. The second kappa shape index (κ2) is 7.38. The summed E-state index contributed by atoms with van der Waals surface area (Å²) in [5, 5.41) is 4.35. The molecule has 1 aromatic carbocycles. The van der Waals surface area contributed by atoms with E-state index < -0.39 is 0 Å². The Bertz CT molecular complexity index is 541. The number of ether oxygens (including phenoxy) is 1. The monoisotopic (exact) mass is 291 g/mol. The Balaban J connectivity index is 1.99. The van der Waals surface area contributed by atoms with Crippen LogP contribution in [0.3, 0.4) is 0 Å². The van der Waals surface area contributed by atoms with E-state index in [1.807, 2.05) is 6.20 Å². The molecule has 0 unspecified atom stereocenters. The van der Waals surface area contributed by atoms with Crippen LogP contribution in [-0.2, 0) is 11.3 Å². The first kappa shape index (κ1) is 15.0. The minimum atomic E-state index is 0.731. The molecule has 0 saturated heterocycles. The number of benzene rings is 1. The average molecular weight is 291 g/mol. The number of hydrogen-bond donors (Lipinski definition) is 1. The third kappa shape index (κ3) is 3.79. The molecule has 1 N–H and O–H groups in total. The van der Waals surface area contributed by atoms with Gasteiger partial charge in [0.2, 0.25) is 0 Å². The molecule has 1 aromatic heterocycles. The minimum absolute atomic E-state index is 0.731. The summed E-state index contributed by atoms with van der Waals surface area (Å²) >= 11 is 1.71. The van der Waals surface area contributed by atoms with Crippen LogP contribution in [-0.4, -0.2) is 32.3 Å². The molecule has 0 spiro atoms. The molecule has 0 aliphatic rings. The summed E-state index contributed by atoms with van der Waals surface area (Å²) in [6.07, 6.45) is 1.94. The van der Waals surface area contributed by atoms with Crippen LogP contribution >= 0.6 is 11.3 Å². The molecule has 0 radical (unpaired) electrons. The third-order valence-electron chi connectivity index (χ3n) is 3.09. The van der Waals surface area contributed by atoms with Crippen molar-refractivity contribution in [1.29, 1.82) is 0 Å². The van der Waals surface area contributed by atoms with Crippen molar-refractivity contribution in [2.45, 2.75) is 13.5 Å². The van der Waals surface area contributed by atoms with Crippen molar-refractivity contribution in [3.63, 3.8) is 0 Å². The highest BCUT2D eigenvalue weighted by Crippen LogP contribution is 2.29.